The quantitative estimate of drug-likeness (QED) is 0.648. The minimum Gasteiger partial charge on any atom is -0.352 e. The highest BCUT2D eigenvalue weighted by Crippen LogP contribution is 2.01. The number of amides is 1. The highest BCUT2D eigenvalue weighted by atomic mass is 16.1. The molecule has 1 aliphatic heterocycles. The maximum absolute atomic E-state index is 11.3. The van der Waals surface area contributed by atoms with Crippen molar-refractivity contribution >= 4 is 5.91 Å². The van der Waals surface area contributed by atoms with Crippen LogP contribution < -0.4 is 10.6 Å². The molecule has 0 aromatic rings. The Morgan fingerprint density at radius 1 is 1.67 bits per heavy atom. The molecule has 0 bridgehead atoms. The fourth-order valence-corrected chi connectivity index (χ4v) is 1.44. The first-order chi connectivity index (χ1) is 5.68. The Kier molecular flexibility index (Phi) is 3.53. The molecule has 3 heteroatoms. The molecule has 3 nitrogen and oxygen atoms in total. The summed E-state index contributed by atoms with van der Waals surface area (Å²) in [5, 5.41) is 6.23. The lowest BCUT2D eigenvalue weighted by Crippen LogP contribution is -2.36. The Morgan fingerprint density at radius 2 is 2.42 bits per heavy atom. The maximum atomic E-state index is 11.3. The standard InChI is InChI=1S/C9H18N2O/c1-7(2)5-9(12)11-8-3-4-10-6-8/h7-8,10H,3-6H2,1-2H3,(H,11,12). The third-order valence-electron chi connectivity index (χ3n) is 2.02. The Morgan fingerprint density at radius 3 is 2.92 bits per heavy atom. The Bertz CT molecular complexity index is 151. The number of carbonyl (C=O) groups excluding carboxylic acids is 1. The van der Waals surface area contributed by atoms with E-state index in [9.17, 15) is 4.79 Å². The van der Waals surface area contributed by atoms with Crippen LogP contribution in [0.4, 0.5) is 0 Å². The molecule has 0 aliphatic carbocycles. The van der Waals surface area contributed by atoms with Crippen molar-refractivity contribution in [2.24, 2.45) is 5.92 Å². The lowest BCUT2D eigenvalue weighted by Gasteiger charge is -2.12. The first kappa shape index (κ1) is 9.52. The summed E-state index contributed by atoms with van der Waals surface area (Å²) in [7, 11) is 0. The van der Waals surface area contributed by atoms with Crippen LogP contribution in [0.2, 0.25) is 0 Å². The van der Waals surface area contributed by atoms with Gasteiger partial charge in [0, 0.05) is 19.0 Å². The van der Waals surface area contributed by atoms with Crippen LogP contribution >= 0.6 is 0 Å². The third-order valence-corrected chi connectivity index (χ3v) is 2.02. The van der Waals surface area contributed by atoms with Gasteiger partial charge in [0.25, 0.3) is 0 Å². The molecular formula is C9H18N2O. The zero-order valence-corrected chi connectivity index (χ0v) is 7.89. The van der Waals surface area contributed by atoms with E-state index < -0.39 is 0 Å². The van der Waals surface area contributed by atoms with Gasteiger partial charge in [-0.3, -0.25) is 4.79 Å². The predicted octanol–water partition coefficient (Wildman–Crippen LogP) is 0.511. The van der Waals surface area contributed by atoms with Crippen LogP contribution in [0.5, 0.6) is 0 Å². The van der Waals surface area contributed by atoms with Crippen LogP contribution in [-0.2, 0) is 4.79 Å². The molecule has 1 amide bonds. The zero-order valence-electron chi connectivity index (χ0n) is 7.89. The number of hydrogen-bond acceptors (Lipinski definition) is 2. The van der Waals surface area contributed by atoms with Gasteiger partial charge in [0.15, 0.2) is 0 Å². The average Bonchev–Trinajstić information content (AvgIpc) is 2.37. The van der Waals surface area contributed by atoms with Crippen LogP contribution in [-0.4, -0.2) is 25.0 Å². The van der Waals surface area contributed by atoms with Gasteiger partial charge in [-0.1, -0.05) is 13.8 Å². The first-order valence-corrected chi connectivity index (χ1v) is 4.68. The molecule has 1 atom stereocenters. The second-order valence-electron chi connectivity index (χ2n) is 3.86. The first-order valence-electron chi connectivity index (χ1n) is 4.68. The summed E-state index contributed by atoms with van der Waals surface area (Å²) < 4.78 is 0. The summed E-state index contributed by atoms with van der Waals surface area (Å²) in [6.45, 7) is 6.09. The van der Waals surface area contributed by atoms with Gasteiger partial charge in [0.1, 0.15) is 0 Å². The van der Waals surface area contributed by atoms with Crippen molar-refractivity contribution in [3.63, 3.8) is 0 Å². The molecule has 0 spiro atoms. The van der Waals surface area contributed by atoms with E-state index >= 15 is 0 Å². The monoisotopic (exact) mass is 170 g/mol. The van der Waals surface area contributed by atoms with Crippen LogP contribution in [0, 0.1) is 5.92 Å². The molecule has 1 saturated heterocycles. The largest absolute Gasteiger partial charge is 0.352 e. The highest BCUT2D eigenvalue weighted by Gasteiger charge is 2.16. The van der Waals surface area contributed by atoms with Gasteiger partial charge >= 0.3 is 0 Å². The number of nitrogens with one attached hydrogen (secondary N) is 2. The van der Waals surface area contributed by atoms with E-state index in [1.54, 1.807) is 0 Å². The van der Waals surface area contributed by atoms with Crippen molar-refractivity contribution in [1.82, 2.24) is 10.6 Å². The molecular weight excluding hydrogens is 152 g/mol. The average molecular weight is 170 g/mol. The SMILES string of the molecule is CC(C)CC(=O)NC1CCNC1. The smallest absolute Gasteiger partial charge is 0.220 e. The van der Waals surface area contributed by atoms with Crippen molar-refractivity contribution < 1.29 is 4.79 Å². The molecule has 1 fully saturated rings. The van der Waals surface area contributed by atoms with E-state index in [-0.39, 0.29) is 5.91 Å². The minimum atomic E-state index is 0.193. The van der Waals surface area contributed by atoms with Crippen molar-refractivity contribution in [2.45, 2.75) is 32.7 Å². The second-order valence-corrected chi connectivity index (χ2v) is 3.86. The third kappa shape index (κ3) is 3.22. The Hall–Kier alpha value is -0.570. The van der Waals surface area contributed by atoms with Crippen molar-refractivity contribution in [2.75, 3.05) is 13.1 Å². The summed E-state index contributed by atoms with van der Waals surface area (Å²) in [5.41, 5.74) is 0. The number of hydrogen-bond donors (Lipinski definition) is 2. The van der Waals surface area contributed by atoms with E-state index in [2.05, 4.69) is 24.5 Å². The molecule has 1 unspecified atom stereocenters. The Labute approximate surface area is 73.9 Å². The summed E-state index contributed by atoms with van der Waals surface area (Å²) in [6, 6.07) is 0.372. The summed E-state index contributed by atoms with van der Waals surface area (Å²) in [5.74, 6) is 0.651. The minimum absolute atomic E-state index is 0.193. The lowest BCUT2D eigenvalue weighted by atomic mass is 10.1. The zero-order chi connectivity index (χ0) is 8.97. The van der Waals surface area contributed by atoms with E-state index in [0.717, 1.165) is 19.5 Å². The van der Waals surface area contributed by atoms with Gasteiger partial charge in [0.2, 0.25) is 5.91 Å². The topological polar surface area (TPSA) is 41.1 Å². The van der Waals surface area contributed by atoms with Gasteiger partial charge in [-0.25, -0.2) is 0 Å². The fourth-order valence-electron chi connectivity index (χ4n) is 1.44. The summed E-state index contributed by atoms with van der Waals surface area (Å²) in [6.07, 6.45) is 1.72. The van der Waals surface area contributed by atoms with E-state index in [1.165, 1.54) is 0 Å². The van der Waals surface area contributed by atoms with E-state index in [4.69, 9.17) is 0 Å². The summed E-state index contributed by atoms with van der Waals surface area (Å²) in [4.78, 5) is 11.3. The van der Waals surface area contributed by atoms with Crippen LogP contribution in [0.25, 0.3) is 0 Å². The second kappa shape index (κ2) is 4.45. The Balaban J connectivity index is 2.16. The molecule has 2 N–H and O–H groups in total. The maximum Gasteiger partial charge on any atom is 0.220 e. The lowest BCUT2D eigenvalue weighted by molar-refractivity contribution is -0.122. The van der Waals surface area contributed by atoms with Crippen molar-refractivity contribution in [3.8, 4) is 0 Å². The normalized spacial score (nSPS) is 23.1. The van der Waals surface area contributed by atoms with Gasteiger partial charge < -0.3 is 10.6 Å². The molecule has 0 aromatic carbocycles. The number of rotatable bonds is 3. The molecule has 0 saturated carbocycles. The van der Waals surface area contributed by atoms with Crippen molar-refractivity contribution in [1.29, 1.82) is 0 Å². The predicted molar refractivity (Wildman–Crippen MR) is 48.9 cm³/mol. The van der Waals surface area contributed by atoms with Gasteiger partial charge in [-0.2, -0.15) is 0 Å². The molecule has 0 aromatic heterocycles. The summed E-state index contributed by atoms with van der Waals surface area (Å²) >= 11 is 0. The van der Waals surface area contributed by atoms with Crippen LogP contribution in [0.1, 0.15) is 26.7 Å². The van der Waals surface area contributed by atoms with Crippen molar-refractivity contribution in [3.05, 3.63) is 0 Å². The molecule has 12 heavy (non-hydrogen) atoms. The van der Waals surface area contributed by atoms with Gasteiger partial charge in [0.05, 0.1) is 0 Å². The fraction of sp³-hybridized carbons (Fsp3) is 0.889. The van der Waals surface area contributed by atoms with Gasteiger partial charge in [-0.05, 0) is 18.9 Å². The van der Waals surface area contributed by atoms with Crippen LogP contribution in [0.15, 0.2) is 0 Å². The molecule has 1 heterocycles. The highest BCUT2D eigenvalue weighted by molar-refractivity contribution is 5.76. The molecule has 1 aliphatic rings. The van der Waals surface area contributed by atoms with Crippen LogP contribution in [0.3, 0.4) is 0 Å². The molecule has 0 radical (unpaired) electrons. The molecule has 1 rings (SSSR count). The van der Waals surface area contributed by atoms with E-state index in [1.807, 2.05) is 0 Å². The van der Waals surface area contributed by atoms with E-state index in [0.29, 0.717) is 18.4 Å². The molecule has 70 valence electrons. The number of carbonyl (C=O) groups is 1. The van der Waals surface area contributed by atoms with Gasteiger partial charge in [-0.15, -0.1) is 0 Å².